The molecule has 1 nitrogen and oxygen atoms in total. The maximum Gasteiger partial charge on any atom is 0.124 e. The van der Waals surface area contributed by atoms with Crippen LogP contribution in [0.1, 0.15) is 24.1 Å². The molecule has 1 unspecified atom stereocenters. The molecule has 0 aromatic heterocycles. The summed E-state index contributed by atoms with van der Waals surface area (Å²) in [6.07, 6.45) is 0.486. The van der Waals surface area contributed by atoms with E-state index in [-0.39, 0.29) is 17.7 Å². The van der Waals surface area contributed by atoms with E-state index in [1.54, 1.807) is 0 Å². The minimum Gasteiger partial charge on any atom is -0.310 e. The van der Waals surface area contributed by atoms with Crippen molar-refractivity contribution in [1.29, 1.82) is 0 Å². The van der Waals surface area contributed by atoms with Crippen LogP contribution in [-0.2, 0) is 6.42 Å². The Kier molecular flexibility index (Phi) is 5.73. The lowest BCUT2D eigenvalue weighted by molar-refractivity contribution is 0.539. The maximum atomic E-state index is 13.6. The van der Waals surface area contributed by atoms with Crippen LogP contribution in [0.15, 0.2) is 40.9 Å². The summed E-state index contributed by atoms with van der Waals surface area (Å²) in [5, 5.41) is 3.79. The average Bonchev–Trinajstić information content (AvgIpc) is 2.41. The zero-order chi connectivity index (χ0) is 15.4. The highest BCUT2D eigenvalue weighted by Gasteiger charge is 2.15. The molecule has 1 atom stereocenters. The molecule has 0 aliphatic rings. The Morgan fingerprint density at radius 2 is 1.90 bits per heavy atom. The molecule has 0 amide bonds. The Hall–Kier alpha value is -0.970. The first-order chi connectivity index (χ1) is 9.99. The van der Waals surface area contributed by atoms with Crippen LogP contribution in [0, 0.1) is 11.6 Å². The molecule has 0 aliphatic heterocycles. The second-order valence-electron chi connectivity index (χ2n) is 4.75. The van der Waals surface area contributed by atoms with Crippen molar-refractivity contribution in [3.8, 4) is 0 Å². The largest absolute Gasteiger partial charge is 0.310 e. The fourth-order valence-electron chi connectivity index (χ4n) is 2.25. The van der Waals surface area contributed by atoms with Crippen LogP contribution >= 0.6 is 27.5 Å². The quantitative estimate of drug-likeness (QED) is 0.751. The van der Waals surface area contributed by atoms with E-state index in [9.17, 15) is 8.78 Å². The summed E-state index contributed by atoms with van der Waals surface area (Å²) in [6.45, 7) is 2.68. The van der Waals surface area contributed by atoms with Crippen LogP contribution in [0.2, 0.25) is 5.02 Å². The van der Waals surface area contributed by atoms with E-state index in [1.807, 2.05) is 13.0 Å². The van der Waals surface area contributed by atoms with Gasteiger partial charge in [-0.05, 0) is 60.5 Å². The van der Waals surface area contributed by atoms with Crippen LogP contribution in [-0.4, -0.2) is 6.54 Å². The molecule has 0 saturated carbocycles. The third-order valence-corrected chi connectivity index (χ3v) is 4.00. The van der Waals surface area contributed by atoms with Crippen LogP contribution in [0.25, 0.3) is 0 Å². The Labute approximate surface area is 136 Å². The zero-order valence-electron chi connectivity index (χ0n) is 11.5. The number of hydrogen-bond donors (Lipinski definition) is 1. The fraction of sp³-hybridized carbons (Fsp3) is 0.250. The molecular weight excluding hydrogens is 360 g/mol. The first-order valence-corrected chi connectivity index (χ1v) is 7.80. The van der Waals surface area contributed by atoms with Gasteiger partial charge in [-0.2, -0.15) is 0 Å². The van der Waals surface area contributed by atoms with Gasteiger partial charge in [-0.15, -0.1) is 0 Å². The van der Waals surface area contributed by atoms with Gasteiger partial charge in [0.15, 0.2) is 0 Å². The van der Waals surface area contributed by atoms with Gasteiger partial charge in [0.25, 0.3) is 0 Å². The second kappa shape index (κ2) is 7.34. The van der Waals surface area contributed by atoms with Crippen molar-refractivity contribution in [3.05, 3.63) is 68.7 Å². The molecule has 5 heteroatoms. The molecular formula is C16H15BrClF2N. The van der Waals surface area contributed by atoms with Crippen molar-refractivity contribution in [2.24, 2.45) is 0 Å². The molecule has 0 heterocycles. The zero-order valence-corrected chi connectivity index (χ0v) is 13.8. The lowest BCUT2D eigenvalue weighted by Gasteiger charge is -2.19. The van der Waals surface area contributed by atoms with Crippen LogP contribution in [0.5, 0.6) is 0 Å². The second-order valence-corrected chi connectivity index (χ2v) is 6.08. The van der Waals surface area contributed by atoms with E-state index in [0.29, 0.717) is 28.0 Å². The fourth-order valence-corrected chi connectivity index (χ4v) is 2.93. The highest BCUT2D eigenvalue weighted by atomic mass is 79.9. The van der Waals surface area contributed by atoms with Gasteiger partial charge in [-0.25, -0.2) is 8.78 Å². The van der Waals surface area contributed by atoms with Gasteiger partial charge in [-0.3, -0.25) is 0 Å². The number of rotatable bonds is 5. The summed E-state index contributed by atoms with van der Waals surface area (Å²) >= 11 is 9.40. The molecule has 112 valence electrons. The summed E-state index contributed by atoms with van der Waals surface area (Å²) in [5.74, 6) is -0.641. The summed E-state index contributed by atoms with van der Waals surface area (Å²) in [4.78, 5) is 0. The molecule has 1 N–H and O–H groups in total. The molecule has 0 fully saturated rings. The van der Waals surface area contributed by atoms with Crippen LogP contribution in [0.4, 0.5) is 8.78 Å². The first kappa shape index (κ1) is 16.4. The van der Waals surface area contributed by atoms with Crippen molar-refractivity contribution in [2.45, 2.75) is 19.4 Å². The highest BCUT2D eigenvalue weighted by Crippen LogP contribution is 2.26. The lowest BCUT2D eigenvalue weighted by atomic mass is 9.98. The normalized spacial score (nSPS) is 12.4. The number of hydrogen-bond acceptors (Lipinski definition) is 1. The number of halogens is 4. The van der Waals surface area contributed by atoms with E-state index >= 15 is 0 Å². The third-order valence-electron chi connectivity index (χ3n) is 3.17. The molecule has 2 aromatic carbocycles. The summed E-state index contributed by atoms with van der Waals surface area (Å²) in [6, 6.07) is 8.88. The van der Waals surface area contributed by atoms with Gasteiger partial charge in [0.2, 0.25) is 0 Å². The van der Waals surface area contributed by atoms with E-state index in [2.05, 4.69) is 21.2 Å². The number of likely N-dealkylation sites (N-methyl/N-ethyl adjacent to an activating group) is 1. The standard InChI is InChI=1S/C16H15BrClF2N/c1-2-21-16(11-5-12(17)9-14(20)7-11)8-10-6-13(19)3-4-15(10)18/h3-7,9,16,21H,2,8H2,1H3. The van der Waals surface area contributed by atoms with Crippen molar-refractivity contribution in [1.82, 2.24) is 5.32 Å². The van der Waals surface area contributed by atoms with E-state index in [4.69, 9.17) is 11.6 Å². The Bertz CT molecular complexity index is 613. The maximum absolute atomic E-state index is 13.6. The Morgan fingerprint density at radius 1 is 1.14 bits per heavy atom. The van der Waals surface area contributed by atoms with Crippen molar-refractivity contribution < 1.29 is 8.78 Å². The molecule has 2 rings (SSSR count). The summed E-state index contributed by atoms with van der Waals surface area (Å²) < 4.78 is 27.6. The highest BCUT2D eigenvalue weighted by molar-refractivity contribution is 9.10. The van der Waals surface area contributed by atoms with Gasteiger partial charge in [0.1, 0.15) is 11.6 Å². The predicted molar refractivity (Wildman–Crippen MR) is 85.6 cm³/mol. The molecule has 0 spiro atoms. The number of nitrogens with one attached hydrogen (secondary N) is 1. The van der Waals surface area contributed by atoms with Crippen molar-refractivity contribution in [3.63, 3.8) is 0 Å². The van der Waals surface area contributed by atoms with E-state index in [1.165, 1.54) is 30.3 Å². The average molecular weight is 375 g/mol. The predicted octanol–water partition coefficient (Wildman–Crippen LogP) is 5.27. The molecule has 0 aliphatic carbocycles. The monoisotopic (exact) mass is 373 g/mol. The van der Waals surface area contributed by atoms with Gasteiger partial charge in [0.05, 0.1) is 0 Å². The smallest absolute Gasteiger partial charge is 0.124 e. The first-order valence-electron chi connectivity index (χ1n) is 6.63. The number of benzene rings is 2. The van der Waals surface area contributed by atoms with Crippen LogP contribution in [0.3, 0.4) is 0 Å². The van der Waals surface area contributed by atoms with E-state index in [0.717, 1.165) is 5.56 Å². The molecule has 0 radical (unpaired) electrons. The SMILES string of the molecule is CCNC(Cc1cc(F)ccc1Cl)c1cc(F)cc(Br)c1. The van der Waals surface area contributed by atoms with E-state index < -0.39 is 0 Å². The molecule has 0 saturated heterocycles. The Morgan fingerprint density at radius 3 is 2.57 bits per heavy atom. The lowest BCUT2D eigenvalue weighted by Crippen LogP contribution is -2.23. The molecule has 0 bridgehead atoms. The van der Waals surface area contributed by atoms with Gasteiger partial charge < -0.3 is 5.32 Å². The molecule has 21 heavy (non-hydrogen) atoms. The molecule has 2 aromatic rings. The van der Waals surface area contributed by atoms with Crippen LogP contribution < -0.4 is 5.32 Å². The van der Waals surface area contributed by atoms with Gasteiger partial charge >= 0.3 is 0 Å². The summed E-state index contributed by atoms with van der Waals surface area (Å²) in [7, 11) is 0. The van der Waals surface area contributed by atoms with Gasteiger partial charge in [0, 0.05) is 15.5 Å². The Balaban J connectivity index is 2.32. The van der Waals surface area contributed by atoms with Crippen molar-refractivity contribution >= 4 is 27.5 Å². The summed E-state index contributed by atoms with van der Waals surface area (Å²) in [5.41, 5.74) is 1.49. The topological polar surface area (TPSA) is 12.0 Å². The third kappa shape index (κ3) is 4.50. The minimum atomic E-state index is -0.329. The van der Waals surface area contributed by atoms with Crippen molar-refractivity contribution in [2.75, 3.05) is 6.54 Å². The minimum absolute atomic E-state index is 0.138. The van der Waals surface area contributed by atoms with Gasteiger partial charge in [-0.1, -0.05) is 34.5 Å².